The fourth-order valence-electron chi connectivity index (χ4n) is 1.84. The molecule has 0 bridgehead atoms. The fourth-order valence-corrected chi connectivity index (χ4v) is 1.84. The Morgan fingerprint density at radius 1 is 1.05 bits per heavy atom. The Bertz CT molecular complexity index is 555. The summed E-state index contributed by atoms with van der Waals surface area (Å²) in [5.74, 6) is 0. The van der Waals surface area contributed by atoms with E-state index in [-0.39, 0.29) is 0 Å². The normalized spacial score (nSPS) is 10.1. The molecule has 0 heterocycles. The van der Waals surface area contributed by atoms with Crippen LogP contribution in [0.4, 0.5) is 10.5 Å². The number of hydrogen-bond donors (Lipinski definition) is 2. The van der Waals surface area contributed by atoms with Crippen LogP contribution in [0.2, 0.25) is 0 Å². The summed E-state index contributed by atoms with van der Waals surface area (Å²) in [5.41, 5.74) is 8.35. The second kappa shape index (κ2) is 7.31. The highest BCUT2D eigenvalue weighted by Crippen LogP contribution is 2.10. The van der Waals surface area contributed by atoms with E-state index in [1.165, 1.54) is 0 Å². The summed E-state index contributed by atoms with van der Waals surface area (Å²) in [7, 11) is 0. The molecular weight excluding hydrogens is 252 g/mol. The van der Waals surface area contributed by atoms with Gasteiger partial charge in [0.1, 0.15) is 0 Å². The molecule has 2 aromatic carbocycles. The largest absolute Gasteiger partial charge is 0.449 e. The molecule has 3 N–H and O–H groups in total. The molecule has 1 amide bonds. The lowest BCUT2D eigenvalue weighted by Gasteiger charge is -2.08. The molecule has 104 valence electrons. The Balaban J connectivity index is 1.77. The number of nitrogens with two attached hydrogens (primary N) is 1. The molecule has 2 aromatic rings. The lowest BCUT2D eigenvalue weighted by Crippen LogP contribution is -2.15. The molecule has 0 saturated heterocycles. The Morgan fingerprint density at radius 2 is 1.80 bits per heavy atom. The number of amides is 1. The van der Waals surface area contributed by atoms with Crippen molar-refractivity contribution in [1.29, 1.82) is 0 Å². The van der Waals surface area contributed by atoms with Gasteiger partial charge in [0.2, 0.25) is 0 Å². The minimum Gasteiger partial charge on any atom is -0.449 e. The van der Waals surface area contributed by atoms with Crippen molar-refractivity contribution in [1.82, 2.24) is 0 Å². The van der Waals surface area contributed by atoms with Gasteiger partial charge in [-0.15, -0.1) is 0 Å². The molecule has 0 saturated carbocycles. The first kappa shape index (κ1) is 14.1. The van der Waals surface area contributed by atoms with E-state index in [4.69, 9.17) is 10.5 Å². The van der Waals surface area contributed by atoms with Crippen LogP contribution in [-0.4, -0.2) is 12.7 Å². The maximum absolute atomic E-state index is 11.6. The van der Waals surface area contributed by atoms with Gasteiger partial charge in [-0.05, 0) is 23.3 Å². The van der Waals surface area contributed by atoms with E-state index in [1.54, 1.807) is 6.07 Å². The Morgan fingerprint density at radius 3 is 2.55 bits per heavy atom. The summed E-state index contributed by atoms with van der Waals surface area (Å²) in [6.07, 6.45) is 0.256. The van der Waals surface area contributed by atoms with Gasteiger partial charge in [0.15, 0.2) is 0 Å². The molecule has 2 rings (SSSR count). The van der Waals surface area contributed by atoms with Gasteiger partial charge in [-0.25, -0.2) is 4.79 Å². The van der Waals surface area contributed by atoms with Gasteiger partial charge < -0.3 is 10.5 Å². The van der Waals surface area contributed by atoms with Gasteiger partial charge >= 0.3 is 6.09 Å². The highest BCUT2D eigenvalue weighted by molar-refractivity contribution is 5.84. The maximum atomic E-state index is 11.6. The lowest BCUT2D eigenvalue weighted by molar-refractivity contribution is 0.163. The predicted octanol–water partition coefficient (Wildman–Crippen LogP) is 2.94. The van der Waals surface area contributed by atoms with Crippen LogP contribution in [0, 0.1) is 0 Å². The van der Waals surface area contributed by atoms with E-state index >= 15 is 0 Å². The van der Waals surface area contributed by atoms with E-state index < -0.39 is 6.09 Å². The van der Waals surface area contributed by atoms with Crippen LogP contribution in [0.3, 0.4) is 0 Å². The highest BCUT2D eigenvalue weighted by atomic mass is 16.5. The summed E-state index contributed by atoms with van der Waals surface area (Å²) in [6.45, 7) is 0.797. The van der Waals surface area contributed by atoms with Crippen molar-refractivity contribution < 1.29 is 9.53 Å². The van der Waals surface area contributed by atoms with E-state index in [0.29, 0.717) is 25.3 Å². The Kier molecular flexibility index (Phi) is 5.15. The minimum atomic E-state index is -0.449. The van der Waals surface area contributed by atoms with Crippen molar-refractivity contribution in [2.75, 3.05) is 11.9 Å². The standard InChI is InChI=1S/C16H18N2O2/c17-12-14-7-4-8-15(11-14)18-16(19)20-10-9-13-5-2-1-3-6-13/h1-8,11H,9-10,12,17H2,(H,18,19). The Labute approximate surface area is 118 Å². The molecule has 4 nitrogen and oxygen atoms in total. The number of benzene rings is 2. The van der Waals surface area contributed by atoms with Crippen molar-refractivity contribution in [2.24, 2.45) is 5.73 Å². The van der Waals surface area contributed by atoms with E-state index in [2.05, 4.69) is 5.32 Å². The zero-order chi connectivity index (χ0) is 14.2. The zero-order valence-electron chi connectivity index (χ0n) is 11.2. The Hall–Kier alpha value is -2.33. The molecule has 0 aromatic heterocycles. The van der Waals surface area contributed by atoms with E-state index in [1.807, 2.05) is 48.5 Å². The monoisotopic (exact) mass is 270 g/mol. The molecule has 0 aliphatic heterocycles. The molecule has 0 unspecified atom stereocenters. The summed E-state index contributed by atoms with van der Waals surface area (Å²) in [6, 6.07) is 17.3. The summed E-state index contributed by atoms with van der Waals surface area (Å²) in [5, 5.41) is 2.69. The first-order chi connectivity index (χ1) is 9.78. The van der Waals surface area contributed by atoms with Crippen LogP contribution in [-0.2, 0) is 17.7 Å². The van der Waals surface area contributed by atoms with Crippen molar-refractivity contribution >= 4 is 11.8 Å². The predicted molar refractivity (Wildman–Crippen MR) is 79.5 cm³/mol. The number of rotatable bonds is 5. The van der Waals surface area contributed by atoms with Crippen molar-refractivity contribution in [3.63, 3.8) is 0 Å². The number of hydrogen-bond acceptors (Lipinski definition) is 3. The molecule has 0 radical (unpaired) electrons. The molecule has 0 aliphatic rings. The molecule has 0 spiro atoms. The van der Waals surface area contributed by atoms with Crippen LogP contribution in [0.5, 0.6) is 0 Å². The minimum absolute atomic E-state index is 0.354. The van der Waals surface area contributed by atoms with Crippen LogP contribution in [0.1, 0.15) is 11.1 Å². The topological polar surface area (TPSA) is 64.3 Å². The average molecular weight is 270 g/mol. The van der Waals surface area contributed by atoms with Gasteiger partial charge in [0, 0.05) is 18.7 Å². The summed E-state index contributed by atoms with van der Waals surface area (Å²) in [4.78, 5) is 11.6. The molecule has 0 aliphatic carbocycles. The summed E-state index contributed by atoms with van der Waals surface area (Å²) < 4.78 is 5.14. The van der Waals surface area contributed by atoms with Crippen LogP contribution in [0.25, 0.3) is 0 Å². The third-order valence-corrected chi connectivity index (χ3v) is 2.88. The summed E-state index contributed by atoms with van der Waals surface area (Å²) >= 11 is 0. The quantitative estimate of drug-likeness (QED) is 0.878. The highest BCUT2D eigenvalue weighted by Gasteiger charge is 2.03. The van der Waals surface area contributed by atoms with Crippen molar-refractivity contribution in [3.8, 4) is 0 Å². The molecule has 0 atom stereocenters. The number of anilines is 1. The van der Waals surface area contributed by atoms with Gasteiger partial charge in [-0.2, -0.15) is 0 Å². The zero-order valence-corrected chi connectivity index (χ0v) is 11.2. The first-order valence-corrected chi connectivity index (χ1v) is 6.54. The number of ether oxygens (including phenoxy) is 1. The van der Waals surface area contributed by atoms with Crippen molar-refractivity contribution in [3.05, 3.63) is 65.7 Å². The van der Waals surface area contributed by atoms with E-state index in [0.717, 1.165) is 11.1 Å². The first-order valence-electron chi connectivity index (χ1n) is 6.54. The van der Waals surface area contributed by atoms with Gasteiger partial charge in [-0.1, -0.05) is 42.5 Å². The second-order valence-corrected chi connectivity index (χ2v) is 4.40. The maximum Gasteiger partial charge on any atom is 0.411 e. The average Bonchev–Trinajstić information content (AvgIpc) is 2.48. The van der Waals surface area contributed by atoms with Crippen LogP contribution >= 0.6 is 0 Å². The van der Waals surface area contributed by atoms with Gasteiger partial charge in [-0.3, -0.25) is 5.32 Å². The molecule has 0 fully saturated rings. The van der Waals surface area contributed by atoms with Crippen molar-refractivity contribution in [2.45, 2.75) is 13.0 Å². The number of carbonyl (C=O) groups is 1. The second-order valence-electron chi connectivity index (χ2n) is 4.40. The van der Waals surface area contributed by atoms with Gasteiger partial charge in [0.25, 0.3) is 0 Å². The fraction of sp³-hybridized carbons (Fsp3) is 0.188. The molecular formula is C16H18N2O2. The van der Waals surface area contributed by atoms with Crippen LogP contribution < -0.4 is 11.1 Å². The SMILES string of the molecule is NCc1cccc(NC(=O)OCCc2ccccc2)c1. The third-order valence-electron chi connectivity index (χ3n) is 2.88. The molecule has 4 heteroatoms. The number of carbonyl (C=O) groups excluding carboxylic acids is 1. The number of nitrogens with one attached hydrogen (secondary N) is 1. The lowest BCUT2D eigenvalue weighted by atomic mass is 10.2. The van der Waals surface area contributed by atoms with Gasteiger partial charge in [0.05, 0.1) is 6.61 Å². The third kappa shape index (κ3) is 4.40. The molecule has 20 heavy (non-hydrogen) atoms. The van der Waals surface area contributed by atoms with E-state index in [9.17, 15) is 4.79 Å². The van der Waals surface area contributed by atoms with Crippen LogP contribution in [0.15, 0.2) is 54.6 Å². The smallest absolute Gasteiger partial charge is 0.411 e.